The number of nitrogens with zero attached hydrogens (tertiary/aromatic N) is 2. The van der Waals surface area contributed by atoms with Crippen LogP contribution in [0.4, 0.5) is 0 Å². The number of fused-ring (bicyclic) bond motifs is 1. The fraction of sp³-hybridized carbons (Fsp3) is 0.444. The van der Waals surface area contributed by atoms with Gasteiger partial charge in [0.15, 0.2) is 0 Å². The zero-order valence-electron chi connectivity index (χ0n) is 13.8. The van der Waals surface area contributed by atoms with Crippen molar-refractivity contribution in [3.05, 3.63) is 52.9 Å². The second-order valence-electron chi connectivity index (χ2n) is 6.47. The lowest BCUT2D eigenvalue weighted by atomic mass is 10.1. The molecule has 2 atom stereocenters. The first-order valence-electron chi connectivity index (χ1n) is 8.52. The first-order chi connectivity index (χ1) is 11.6. The minimum absolute atomic E-state index is 0.170. The fourth-order valence-corrected chi connectivity index (χ4v) is 6.91. The van der Waals surface area contributed by atoms with Crippen LogP contribution in [0, 0.1) is 0 Å². The van der Waals surface area contributed by atoms with Gasteiger partial charge in [0.1, 0.15) is 10.4 Å². The van der Waals surface area contributed by atoms with Crippen LogP contribution in [0.3, 0.4) is 0 Å². The third-order valence-corrected chi connectivity index (χ3v) is 8.56. The van der Waals surface area contributed by atoms with Crippen LogP contribution < -0.4 is 0 Å². The van der Waals surface area contributed by atoms with Crippen LogP contribution in [-0.4, -0.2) is 36.8 Å². The third-order valence-electron chi connectivity index (χ3n) is 5.05. The van der Waals surface area contributed by atoms with E-state index in [2.05, 4.69) is 11.8 Å². The summed E-state index contributed by atoms with van der Waals surface area (Å²) in [5.41, 5.74) is 1.07. The molecule has 4 rings (SSSR count). The Balaban J connectivity index is 1.75. The summed E-state index contributed by atoms with van der Waals surface area (Å²) in [7, 11) is -3.46. The van der Waals surface area contributed by atoms with Gasteiger partial charge in [0.05, 0.1) is 0 Å². The van der Waals surface area contributed by atoms with E-state index in [1.165, 1.54) is 11.3 Å². The van der Waals surface area contributed by atoms with Gasteiger partial charge in [0.25, 0.3) is 10.0 Å². The van der Waals surface area contributed by atoms with Crippen LogP contribution in [0.15, 0.2) is 46.7 Å². The molecule has 6 heteroatoms. The Morgan fingerprint density at radius 3 is 2.67 bits per heavy atom. The van der Waals surface area contributed by atoms with Gasteiger partial charge in [-0.1, -0.05) is 37.3 Å². The monoisotopic (exact) mass is 362 g/mol. The van der Waals surface area contributed by atoms with Crippen molar-refractivity contribution in [2.24, 2.45) is 0 Å². The molecule has 2 saturated heterocycles. The highest BCUT2D eigenvalue weighted by atomic mass is 32.2. The highest BCUT2D eigenvalue weighted by Crippen LogP contribution is 2.42. The lowest BCUT2D eigenvalue weighted by molar-refractivity contribution is 0.198. The molecule has 2 fully saturated rings. The summed E-state index contributed by atoms with van der Waals surface area (Å²) in [6.07, 6.45) is 2.94. The first-order valence-corrected chi connectivity index (χ1v) is 10.8. The van der Waals surface area contributed by atoms with E-state index >= 15 is 0 Å². The molecule has 0 radical (unpaired) electrons. The maximum Gasteiger partial charge on any atom is 0.254 e. The molecular formula is C18H22N2O2S2. The van der Waals surface area contributed by atoms with E-state index in [1.807, 2.05) is 36.4 Å². The molecule has 2 aliphatic heterocycles. The van der Waals surface area contributed by atoms with E-state index in [1.54, 1.807) is 10.4 Å². The SMILES string of the molecule is CCc1ccc(S(=O)(=O)N2CC3CCCN3C2c2ccccc2)s1. The van der Waals surface area contributed by atoms with E-state index in [4.69, 9.17) is 0 Å². The summed E-state index contributed by atoms with van der Waals surface area (Å²) in [5, 5.41) is 0. The average molecular weight is 363 g/mol. The molecule has 1 aromatic heterocycles. The van der Waals surface area contributed by atoms with Crippen molar-refractivity contribution in [3.8, 4) is 0 Å². The molecule has 0 aliphatic carbocycles. The number of aryl methyl sites for hydroxylation is 1. The number of hydrogen-bond acceptors (Lipinski definition) is 4. The molecular weight excluding hydrogens is 340 g/mol. The van der Waals surface area contributed by atoms with Crippen LogP contribution >= 0.6 is 11.3 Å². The zero-order valence-corrected chi connectivity index (χ0v) is 15.4. The van der Waals surface area contributed by atoms with Crippen molar-refractivity contribution in [2.75, 3.05) is 13.1 Å². The predicted molar refractivity (Wildman–Crippen MR) is 96.5 cm³/mol. The van der Waals surface area contributed by atoms with Crippen LogP contribution in [0.5, 0.6) is 0 Å². The van der Waals surface area contributed by atoms with Crippen molar-refractivity contribution >= 4 is 21.4 Å². The largest absolute Gasteiger partial charge is 0.279 e. The second-order valence-corrected chi connectivity index (χ2v) is 9.75. The molecule has 0 N–H and O–H groups in total. The normalized spacial score (nSPS) is 25.2. The van der Waals surface area contributed by atoms with Crippen LogP contribution in [-0.2, 0) is 16.4 Å². The number of thiophene rings is 1. The lowest BCUT2D eigenvalue weighted by Crippen LogP contribution is -2.34. The summed E-state index contributed by atoms with van der Waals surface area (Å²) in [6.45, 7) is 3.63. The minimum atomic E-state index is -3.46. The van der Waals surface area contributed by atoms with Gasteiger partial charge in [-0.25, -0.2) is 8.42 Å². The van der Waals surface area contributed by atoms with Crippen LogP contribution in [0.1, 0.15) is 36.4 Å². The fourth-order valence-electron chi connectivity index (χ4n) is 3.86. The summed E-state index contributed by atoms with van der Waals surface area (Å²) >= 11 is 1.40. The number of sulfonamides is 1. The van der Waals surface area contributed by atoms with E-state index < -0.39 is 10.0 Å². The van der Waals surface area contributed by atoms with E-state index in [9.17, 15) is 8.42 Å². The Labute approximate surface area is 147 Å². The molecule has 1 aromatic carbocycles. The molecule has 2 aromatic rings. The maximum absolute atomic E-state index is 13.3. The maximum atomic E-state index is 13.3. The third kappa shape index (κ3) is 2.62. The minimum Gasteiger partial charge on any atom is -0.279 e. The Hall–Kier alpha value is -1.21. The van der Waals surface area contributed by atoms with Crippen molar-refractivity contribution in [2.45, 2.75) is 42.6 Å². The molecule has 0 saturated carbocycles. The second kappa shape index (κ2) is 6.26. The van der Waals surface area contributed by atoms with Gasteiger partial charge in [0.2, 0.25) is 0 Å². The van der Waals surface area contributed by atoms with Crippen molar-refractivity contribution in [1.82, 2.24) is 9.21 Å². The number of benzene rings is 1. The van der Waals surface area contributed by atoms with Gasteiger partial charge < -0.3 is 0 Å². The summed E-state index contributed by atoms with van der Waals surface area (Å²) in [4.78, 5) is 3.48. The summed E-state index contributed by atoms with van der Waals surface area (Å²) < 4.78 is 28.8. The predicted octanol–water partition coefficient (Wildman–Crippen LogP) is 3.48. The van der Waals surface area contributed by atoms with Crippen molar-refractivity contribution in [1.29, 1.82) is 0 Å². The Bertz CT molecular complexity index is 817. The number of rotatable bonds is 4. The molecule has 24 heavy (non-hydrogen) atoms. The Morgan fingerprint density at radius 1 is 1.17 bits per heavy atom. The molecule has 0 amide bonds. The van der Waals surface area contributed by atoms with Crippen LogP contribution in [0.25, 0.3) is 0 Å². The topological polar surface area (TPSA) is 40.6 Å². The highest BCUT2D eigenvalue weighted by molar-refractivity contribution is 7.91. The Morgan fingerprint density at radius 2 is 1.96 bits per heavy atom. The lowest BCUT2D eigenvalue weighted by Gasteiger charge is -2.29. The van der Waals surface area contributed by atoms with E-state index in [0.717, 1.165) is 36.2 Å². The Kier molecular flexibility index (Phi) is 4.24. The van der Waals surface area contributed by atoms with Crippen molar-refractivity contribution in [3.63, 3.8) is 0 Å². The molecule has 128 valence electrons. The molecule has 2 unspecified atom stereocenters. The zero-order chi connectivity index (χ0) is 16.7. The highest BCUT2D eigenvalue weighted by Gasteiger charge is 2.48. The van der Waals surface area contributed by atoms with Gasteiger partial charge in [0, 0.05) is 24.0 Å². The first kappa shape index (κ1) is 16.3. The number of hydrogen-bond donors (Lipinski definition) is 0. The average Bonchev–Trinajstić information content (AvgIpc) is 3.30. The van der Waals surface area contributed by atoms with Crippen molar-refractivity contribution < 1.29 is 8.42 Å². The van der Waals surface area contributed by atoms with E-state index in [-0.39, 0.29) is 6.17 Å². The van der Waals surface area contributed by atoms with Gasteiger partial charge in [-0.2, -0.15) is 4.31 Å². The van der Waals surface area contributed by atoms with Crippen LogP contribution in [0.2, 0.25) is 0 Å². The smallest absolute Gasteiger partial charge is 0.254 e. The van der Waals surface area contributed by atoms with E-state index in [0.29, 0.717) is 16.8 Å². The molecule has 2 aliphatic rings. The summed E-state index contributed by atoms with van der Waals surface area (Å²) in [6, 6.07) is 14.1. The standard InChI is InChI=1S/C18H22N2O2S2/c1-2-16-10-11-17(23-16)24(21,22)20-13-15-9-6-12-19(15)18(20)14-7-4-3-5-8-14/h3-5,7-8,10-11,15,18H,2,6,9,12-13H2,1H3. The quantitative estimate of drug-likeness (QED) is 0.836. The summed E-state index contributed by atoms with van der Waals surface area (Å²) in [5.74, 6) is 0. The molecule has 4 nitrogen and oxygen atoms in total. The van der Waals surface area contributed by atoms with Gasteiger partial charge in [-0.05, 0) is 37.0 Å². The van der Waals surface area contributed by atoms with Gasteiger partial charge in [-0.3, -0.25) is 4.90 Å². The molecule has 3 heterocycles. The molecule has 0 bridgehead atoms. The molecule has 0 spiro atoms. The van der Waals surface area contributed by atoms with Gasteiger partial charge >= 0.3 is 0 Å². The van der Waals surface area contributed by atoms with Gasteiger partial charge in [-0.15, -0.1) is 11.3 Å².